The van der Waals surface area contributed by atoms with Crippen molar-refractivity contribution in [3.8, 4) is 22.8 Å². The van der Waals surface area contributed by atoms with Gasteiger partial charge in [-0.15, -0.1) is 10.2 Å². The molecule has 0 aliphatic heterocycles. The molecule has 1 saturated carbocycles. The largest absolute Gasteiger partial charge is 0.489 e. The summed E-state index contributed by atoms with van der Waals surface area (Å²) in [4.78, 5) is 10.5. The van der Waals surface area contributed by atoms with Crippen molar-refractivity contribution in [2.75, 3.05) is 5.73 Å². The van der Waals surface area contributed by atoms with Crippen LogP contribution in [0, 0.1) is 0 Å². The van der Waals surface area contributed by atoms with Gasteiger partial charge in [-0.25, -0.2) is 8.78 Å². The average Bonchev–Trinajstić information content (AvgIpc) is 2.69. The van der Waals surface area contributed by atoms with Crippen LogP contribution in [-0.4, -0.2) is 45.9 Å². The van der Waals surface area contributed by atoms with Crippen LogP contribution in [0.3, 0.4) is 0 Å². The Morgan fingerprint density at radius 1 is 1.17 bits per heavy atom. The van der Waals surface area contributed by atoms with Gasteiger partial charge < -0.3 is 25.3 Å². The highest BCUT2D eigenvalue weighted by molar-refractivity contribution is 6.58. The molecule has 2 aromatic carbocycles. The second kappa shape index (κ2) is 7.50. The number of rotatable bonds is 6. The first-order valence-electron chi connectivity index (χ1n) is 8.98. The minimum Gasteiger partial charge on any atom is -0.489 e. The van der Waals surface area contributed by atoms with Crippen molar-refractivity contribution in [2.24, 2.45) is 0 Å². The Hall–Kier alpha value is -3.31. The molecule has 8 nitrogen and oxygen atoms in total. The lowest BCUT2D eigenvalue weighted by Crippen LogP contribution is -2.43. The minimum atomic E-state index is -2.73. The number of fused-ring (bicyclic) bond motifs is 1. The molecule has 0 radical (unpaired) electrons. The summed E-state index contributed by atoms with van der Waals surface area (Å²) in [6.45, 7) is 0.194. The van der Waals surface area contributed by atoms with Crippen molar-refractivity contribution in [1.29, 1.82) is 0 Å². The van der Waals surface area contributed by atoms with Crippen LogP contribution in [0.25, 0.3) is 22.0 Å². The zero-order valence-corrected chi connectivity index (χ0v) is 15.5. The number of carbonyl (C=O) groups excluding carboxylic acids is 1. The SMILES string of the molecule is Nc1c(OC=O)nnc2cc(-c3cc(B(O)O)ccc3OC3CC(F)(F)C3)ccc12. The average molecular weight is 415 g/mol. The van der Waals surface area contributed by atoms with Gasteiger partial charge >= 0.3 is 7.12 Å². The van der Waals surface area contributed by atoms with E-state index in [1.165, 1.54) is 18.2 Å². The Balaban J connectivity index is 1.75. The maximum Gasteiger partial charge on any atom is 0.488 e. The van der Waals surface area contributed by atoms with Crippen LogP contribution in [0.2, 0.25) is 0 Å². The number of nitrogen functional groups attached to an aromatic ring is 1. The van der Waals surface area contributed by atoms with Gasteiger partial charge in [0, 0.05) is 23.8 Å². The van der Waals surface area contributed by atoms with Gasteiger partial charge in [0.2, 0.25) is 0 Å². The molecule has 0 saturated heterocycles. The van der Waals surface area contributed by atoms with Crippen molar-refractivity contribution in [2.45, 2.75) is 24.9 Å². The van der Waals surface area contributed by atoms with Crippen LogP contribution in [0.15, 0.2) is 36.4 Å². The van der Waals surface area contributed by atoms with Crippen molar-refractivity contribution < 1.29 is 33.1 Å². The highest BCUT2D eigenvalue weighted by Crippen LogP contribution is 2.42. The lowest BCUT2D eigenvalue weighted by molar-refractivity contribution is -0.134. The summed E-state index contributed by atoms with van der Waals surface area (Å²) in [5, 5.41) is 27.3. The van der Waals surface area contributed by atoms with E-state index in [-0.39, 0.29) is 36.3 Å². The molecule has 0 amide bonds. The number of halogens is 2. The molecule has 4 rings (SSSR count). The van der Waals surface area contributed by atoms with Gasteiger partial charge in [0.05, 0.1) is 5.52 Å². The molecule has 30 heavy (non-hydrogen) atoms. The molecule has 1 fully saturated rings. The zero-order valence-electron chi connectivity index (χ0n) is 15.5. The van der Waals surface area contributed by atoms with E-state index in [0.29, 0.717) is 27.8 Å². The van der Waals surface area contributed by atoms with E-state index < -0.39 is 19.1 Å². The van der Waals surface area contributed by atoms with E-state index >= 15 is 0 Å². The van der Waals surface area contributed by atoms with Crippen molar-refractivity contribution in [3.05, 3.63) is 36.4 Å². The summed E-state index contributed by atoms with van der Waals surface area (Å²) in [7, 11) is -1.72. The second-order valence-electron chi connectivity index (χ2n) is 7.00. The van der Waals surface area contributed by atoms with Crippen LogP contribution in [-0.2, 0) is 4.79 Å². The third-order valence-electron chi connectivity index (χ3n) is 4.89. The summed E-state index contributed by atoms with van der Waals surface area (Å²) >= 11 is 0. The van der Waals surface area contributed by atoms with Crippen LogP contribution in [0.5, 0.6) is 11.6 Å². The molecule has 0 bridgehead atoms. The lowest BCUT2D eigenvalue weighted by Gasteiger charge is -2.35. The fraction of sp³-hybridized carbons (Fsp3) is 0.211. The number of aromatic nitrogens is 2. The van der Waals surface area contributed by atoms with Gasteiger partial charge in [0.25, 0.3) is 18.3 Å². The number of nitrogens with zero attached hydrogens (tertiary/aromatic N) is 2. The minimum absolute atomic E-state index is 0.120. The van der Waals surface area contributed by atoms with Gasteiger partial charge in [0.1, 0.15) is 17.5 Å². The predicted molar refractivity (Wildman–Crippen MR) is 105 cm³/mol. The number of benzene rings is 2. The first-order valence-corrected chi connectivity index (χ1v) is 8.98. The molecule has 1 aliphatic carbocycles. The van der Waals surface area contributed by atoms with E-state index in [9.17, 15) is 23.6 Å². The fourth-order valence-corrected chi connectivity index (χ4v) is 3.32. The molecule has 1 aromatic heterocycles. The van der Waals surface area contributed by atoms with Crippen LogP contribution in [0.1, 0.15) is 12.8 Å². The third kappa shape index (κ3) is 3.76. The lowest BCUT2D eigenvalue weighted by atomic mass is 9.79. The number of carbonyl (C=O) groups is 1. The molecule has 4 N–H and O–H groups in total. The van der Waals surface area contributed by atoms with Crippen LogP contribution >= 0.6 is 0 Å². The predicted octanol–water partition coefficient (Wildman–Crippen LogP) is 1.27. The topological polar surface area (TPSA) is 128 Å². The van der Waals surface area contributed by atoms with Gasteiger partial charge in [-0.2, -0.15) is 0 Å². The first kappa shape index (κ1) is 20.0. The van der Waals surface area contributed by atoms with Crippen molar-refractivity contribution in [3.63, 3.8) is 0 Å². The van der Waals surface area contributed by atoms with Crippen LogP contribution in [0.4, 0.5) is 14.5 Å². The van der Waals surface area contributed by atoms with Gasteiger partial charge in [0.15, 0.2) is 0 Å². The molecule has 0 unspecified atom stereocenters. The van der Waals surface area contributed by atoms with Crippen LogP contribution < -0.4 is 20.7 Å². The summed E-state index contributed by atoms with van der Waals surface area (Å²) < 4.78 is 36.8. The van der Waals surface area contributed by atoms with E-state index in [2.05, 4.69) is 14.9 Å². The Labute approximate surface area is 169 Å². The molecule has 0 atom stereocenters. The van der Waals surface area contributed by atoms with Gasteiger partial charge in [-0.3, -0.25) is 4.79 Å². The monoisotopic (exact) mass is 415 g/mol. The number of ether oxygens (including phenoxy) is 2. The first-order chi connectivity index (χ1) is 14.3. The number of nitrogens with two attached hydrogens (primary N) is 1. The molecule has 1 aliphatic rings. The summed E-state index contributed by atoms with van der Waals surface area (Å²) in [6.07, 6.45) is -1.39. The highest BCUT2D eigenvalue weighted by atomic mass is 19.3. The van der Waals surface area contributed by atoms with Gasteiger partial charge in [-0.1, -0.05) is 18.2 Å². The number of alkyl halides is 2. The number of hydrogen-bond donors (Lipinski definition) is 3. The van der Waals surface area contributed by atoms with E-state index in [1.807, 2.05) is 0 Å². The van der Waals surface area contributed by atoms with E-state index in [4.69, 9.17) is 10.5 Å². The summed E-state index contributed by atoms with van der Waals surface area (Å²) in [5.74, 6) is -2.53. The fourth-order valence-electron chi connectivity index (χ4n) is 3.32. The zero-order chi connectivity index (χ0) is 21.5. The Morgan fingerprint density at radius 3 is 2.60 bits per heavy atom. The summed E-state index contributed by atoms with van der Waals surface area (Å²) in [6, 6.07) is 9.40. The second-order valence-corrected chi connectivity index (χ2v) is 7.00. The smallest absolute Gasteiger partial charge is 0.488 e. The molecular formula is C19H16BF2N3O5. The summed E-state index contributed by atoms with van der Waals surface area (Å²) in [5.41, 5.74) is 7.72. The normalized spacial score (nSPS) is 15.5. The Bertz CT molecular complexity index is 1120. The molecule has 0 spiro atoms. The van der Waals surface area contributed by atoms with Crippen molar-refractivity contribution in [1.82, 2.24) is 10.2 Å². The highest BCUT2D eigenvalue weighted by Gasteiger charge is 2.47. The van der Waals surface area contributed by atoms with E-state index in [0.717, 1.165) is 0 Å². The maximum atomic E-state index is 13.2. The maximum absolute atomic E-state index is 13.2. The molecular weight excluding hydrogens is 399 g/mol. The molecule has 1 heterocycles. The number of anilines is 1. The third-order valence-corrected chi connectivity index (χ3v) is 4.89. The van der Waals surface area contributed by atoms with Gasteiger partial charge in [-0.05, 0) is 29.2 Å². The molecule has 154 valence electrons. The molecule has 3 aromatic rings. The van der Waals surface area contributed by atoms with Crippen molar-refractivity contribution >= 4 is 35.6 Å². The Kier molecular flexibility index (Phi) is 5.00. The standard InChI is InChI=1S/C19H16BF2N3O5/c21-19(22)7-12(8-19)30-16-4-2-11(20(27)28)6-14(16)10-1-3-13-15(5-10)24-25-18(17(13)23)29-9-26/h1-6,9,12,27-28H,7-8H2,(H2,23,24). The molecule has 11 heteroatoms. The quantitative estimate of drug-likeness (QED) is 0.406. The van der Waals surface area contributed by atoms with E-state index in [1.54, 1.807) is 18.2 Å². The Morgan fingerprint density at radius 2 is 1.93 bits per heavy atom. The number of hydrogen-bond acceptors (Lipinski definition) is 8.